The summed E-state index contributed by atoms with van der Waals surface area (Å²) in [5.74, 6) is -0.318. The van der Waals surface area contributed by atoms with E-state index in [-0.39, 0.29) is 23.4 Å². The highest BCUT2D eigenvalue weighted by atomic mass is 32.1. The number of nitrogens with one attached hydrogen (secondary N) is 2. The first-order chi connectivity index (χ1) is 8.42. The van der Waals surface area contributed by atoms with Crippen LogP contribution in [0.3, 0.4) is 0 Å². The summed E-state index contributed by atoms with van der Waals surface area (Å²) >= 11 is 1.24. The molecule has 1 rings (SSSR count). The Morgan fingerprint density at radius 1 is 1.39 bits per heavy atom. The quantitative estimate of drug-likeness (QED) is 0.715. The number of carbonyl (C=O) groups is 2. The summed E-state index contributed by atoms with van der Waals surface area (Å²) in [6.07, 6.45) is 0.374. The maximum atomic E-state index is 11.8. The van der Waals surface area contributed by atoms with Gasteiger partial charge < -0.3 is 16.4 Å². The molecule has 1 aromatic heterocycles. The van der Waals surface area contributed by atoms with Gasteiger partial charge in [-0.2, -0.15) is 0 Å². The topological polar surface area (TPSA) is 84.2 Å². The Morgan fingerprint density at radius 2 is 2.00 bits per heavy atom. The van der Waals surface area contributed by atoms with E-state index in [9.17, 15) is 9.59 Å². The summed E-state index contributed by atoms with van der Waals surface area (Å²) in [5, 5.41) is 6.35. The standard InChI is InChI=1S/C12H19N3O2S/c1-5-7(16)10-9(13)8(11(17)14-4)12(18-10)15-6(2)3/h6,15H,5,13H2,1-4H3,(H,14,17). The lowest BCUT2D eigenvalue weighted by molar-refractivity contribution is 0.0964. The minimum atomic E-state index is -0.276. The summed E-state index contributed by atoms with van der Waals surface area (Å²) < 4.78 is 0. The van der Waals surface area contributed by atoms with Gasteiger partial charge in [-0.25, -0.2) is 0 Å². The van der Waals surface area contributed by atoms with Gasteiger partial charge in [0.15, 0.2) is 5.78 Å². The molecule has 1 heterocycles. The Hall–Kier alpha value is -1.56. The summed E-state index contributed by atoms with van der Waals surface area (Å²) in [6, 6.07) is 0.163. The van der Waals surface area contributed by atoms with Crippen molar-refractivity contribution in [2.24, 2.45) is 0 Å². The molecule has 0 aliphatic rings. The van der Waals surface area contributed by atoms with Gasteiger partial charge in [-0.3, -0.25) is 9.59 Å². The second-order valence-corrected chi connectivity index (χ2v) is 5.22. The number of Topliss-reactive ketones (excluding diaryl/α,β-unsaturated/α-hetero) is 1. The second kappa shape index (κ2) is 5.86. The van der Waals surface area contributed by atoms with Gasteiger partial charge in [0.1, 0.15) is 5.00 Å². The van der Waals surface area contributed by atoms with E-state index in [0.29, 0.717) is 21.9 Å². The van der Waals surface area contributed by atoms with E-state index >= 15 is 0 Å². The fourth-order valence-electron chi connectivity index (χ4n) is 1.53. The number of rotatable bonds is 5. The lowest BCUT2D eigenvalue weighted by Crippen LogP contribution is -2.21. The van der Waals surface area contributed by atoms with Crippen molar-refractivity contribution >= 4 is 33.7 Å². The van der Waals surface area contributed by atoms with E-state index in [4.69, 9.17) is 5.73 Å². The molecule has 0 unspecified atom stereocenters. The molecule has 6 heteroatoms. The van der Waals surface area contributed by atoms with Crippen molar-refractivity contribution in [3.05, 3.63) is 10.4 Å². The van der Waals surface area contributed by atoms with Crippen molar-refractivity contribution in [1.82, 2.24) is 5.32 Å². The molecule has 4 N–H and O–H groups in total. The average molecular weight is 269 g/mol. The highest BCUT2D eigenvalue weighted by molar-refractivity contribution is 7.19. The van der Waals surface area contributed by atoms with Gasteiger partial charge in [-0.1, -0.05) is 6.92 Å². The Labute approximate surface area is 111 Å². The molecule has 18 heavy (non-hydrogen) atoms. The fourth-order valence-corrected chi connectivity index (χ4v) is 2.80. The Balaban J connectivity index is 3.31. The number of hydrogen-bond donors (Lipinski definition) is 3. The number of nitrogen functional groups attached to an aromatic ring is 1. The molecule has 0 aliphatic heterocycles. The minimum absolute atomic E-state index is 0.0422. The Kier molecular flexibility index (Phi) is 4.72. The van der Waals surface area contributed by atoms with E-state index in [0.717, 1.165) is 0 Å². The van der Waals surface area contributed by atoms with Crippen LogP contribution < -0.4 is 16.4 Å². The van der Waals surface area contributed by atoms with Gasteiger partial charge in [0.25, 0.3) is 5.91 Å². The second-order valence-electron chi connectivity index (χ2n) is 4.20. The molecule has 1 aromatic rings. The summed E-state index contributed by atoms with van der Waals surface area (Å²) in [5.41, 5.74) is 6.56. The van der Waals surface area contributed by atoms with Crippen molar-refractivity contribution in [1.29, 1.82) is 0 Å². The predicted molar refractivity (Wildman–Crippen MR) is 75.5 cm³/mol. The molecule has 0 saturated heterocycles. The first-order valence-corrected chi connectivity index (χ1v) is 6.68. The molecule has 100 valence electrons. The van der Waals surface area contributed by atoms with Crippen molar-refractivity contribution in [3.63, 3.8) is 0 Å². The molecule has 0 atom stereocenters. The zero-order chi connectivity index (χ0) is 13.9. The van der Waals surface area contributed by atoms with Gasteiger partial charge in [-0.05, 0) is 13.8 Å². The fraction of sp³-hybridized carbons (Fsp3) is 0.500. The van der Waals surface area contributed by atoms with Crippen molar-refractivity contribution in [2.45, 2.75) is 33.2 Å². The van der Waals surface area contributed by atoms with E-state index in [2.05, 4.69) is 10.6 Å². The van der Waals surface area contributed by atoms with Gasteiger partial charge >= 0.3 is 0 Å². The van der Waals surface area contributed by atoms with Crippen LogP contribution in [0.25, 0.3) is 0 Å². The third kappa shape index (κ3) is 2.81. The molecule has 0 fully saturated rings. The first kappa shape index (κ1) is 14.5. The number of thiophene rings is 1. The number of ketones is 1. The van der Waals surface area contributed by atoms with Crippen molar-refractivity contribution in [2.75, 3.05) is 18.1 Å². The average Bonchev–Trinajstić information content (AvgIpc) is 2.63. The van der Waals surface area contributed by atoms with Gasteiger partial charge in [0.2, 0.25) is 0 Å². The lowest BCUT2D eigenvalue weighted by Gasteiger charge is -2.09. The Morgan fingerprint density at radius 3 is 2.44 bits per heavy atom. The van der Waals surface area contributed by atoms with Crippen molar-refractivity contribution < 1.29 is 9.59 Å². The molecule has 0 bridgehead atoms. The number of amides is 1. The van der Waals surface area contributed by atoms with Crippen LogP contribution in [0.15, 0.2) is 0 Å². The molecule has 0 spiro atoms. The maximum absolute atomic E-state index is 11.8. The molecule has 0 aromatic carbocycles. The largest absolute Gasteiger partial charge is 0.397 e. The summed E-state index contributed by atoms with van der Waals surface area (Å²) in [4.78, 5) is 24.1. The van der Waals surface area contributed by atoms with Gasteiger partial charge in [0, 0.05) is 19.5 Å². The third-order valence-electron chi connectivity index (χ3n) is 2.39. The van der Waals surface area contributed by atoms with Crippen LogP contribution >= 0.6 is 11.3 Å². The molecule has 5 nitrogen and oxygen atoms in total. The molecule has 0 saturated carbocycles. The van der Waals surface area contributed by atoms with Crippen LogP contribution in [0.2, 0.25) is 0 Å². The molecular weight excluding hydrogens is 250 g/mol. The maximum Gasteiger partial charge on any atom is 0.256 e. The first-order valence-electron chi connectivity index (χ1n) is 5.86. The van der Waals surface area contributed by atoms with Crippen LogP contribution in [0.4, 0.5) is 10.7 Å². The van der Waals surface area contributed by atoms with E-state index in [1.54, 1.807) is 14.0 Å². The lowest BCUT2D eigenvalue weighted by atomic mass is 10.1. The summed E-state index contributed by atoms with van der Waals surface area (Å²) in [6.45, 7) is 5.70. The third-order valence-corrected chi connectivity index (χ3v) is 3.57. The monoisotopic (exact) mass is 269 g/mol. The van der Waals surface area contributed by atoms with E-state index in [1.165, 1.54) is 11.3 Å². The molecule has 0 radical (unpaired) electrons. The van der Waals surface area contributed by atoms with E-state index < -0.39 is 0 Å². The molecular formula is C12H19N3O2S. The Bertz CT molecular complexity index is 466. The van der Waals surface area contributed by atoms with Crippen LogP contribution in [-0.2, 0) is 0 Å². The van der Waals surface area contributed by atoms with Gasteiger partial charge in [-0.15, -0.1) is 11.3 Å². The molecule has 0 aliphatic carbocycles. The highest BCUT2D eigenvalue weighted by Gasteiger charge is 2.24. The van der Waals surface area contributed by atoms with Crippen molar-refractivity contribution in [3.8, 4) is 0 Å². The van der Waals surface area contributed by atoms with Gasteiger partial charge in [0.05, 0.1) is 16.1 Å². The normalized spacial score (nSPS) is 10.5. The minimum Gasteiger partial charge on any atom is -0.397 e. The van der Waals surface area contributed by atoms with Crippen LogP contribution in [0, 0.1) is 0 Å². The number of anilines is 2. The smallest absolute Gasteiger partial charge is 0.256 e. The molecule has 1 amide bonds. The zero-order valence-electron chi connectivity index (χ0n) is 11.1. The summed E-state index contributed by atoms with van der Waals surface area (Å²) in [7, 11) is 1.54. The van der Waals surface area contributed by atoms with E-state index in [1.807, 2.05) is 13.8 Å². The number of nitrogens with two attached hydrogens (primary N) is 1. The van der Waals surface area contributed by atoms with Crippen LogP contribution in [0.5, 0.6) is 0 Å². The highest BCUT2D eigenvalue weighted by Crippen LogP contribution is 2.36. The predicted octanol–water partition coefficient (Wildman–Crippen LogP) is 2.10. The van der Waals surface area contributed by atoms with Crippen LogP contribution in [-0.4, -0.2) is 24.8 Å². The SMILES string of the molecule is CCC(=O)c1sc(NC(C)C)c(C(=O)NC)c1N. The number of carbonyl (C=O) groups excluding carboxylic acids is 2. The zero-order valence-corrected chi connectivity index (χ0v) is 11.9. The number of hydrogen-bond acceptors (Lipinski definition) is 5. The van der Waals surface area contributed by atoms with Crippen LogP contribution in [0.1, 0.15) is 47.2 Å².